The first-order valence-corrected chi connectivity index (χ1v) is 12.5. The molecule has 0 atom stereocenters. The molecular formula is C29H27F3N4O3. The lowest BCUT2D eigenvalue weighted by molar-refractivity contribution is 0.0941. The summed E-state index contributed by atoms with van der Waals surface area (Å²) in [6.07, 6.45) is 1.39. The standard InChI is InChI=1S/C29H25F3N4O3.H2/c1-29(16-37)14-35(15-29)27-19-6-4-5-18(20-11-17(30)12-22(31)25(20)32)26(19)33-13-21(27)28(38)34-36-9-10-39-24-8-3-2-7-23(24)36;/h2-8,11-13,37H,9-10,14-16H2,1H3,(H,34,38);1H. The topological polar surface area (TPSA) is 77.9 Å². The van der Waals surface area contributed by atoms with Crippen LogP contribution in [0.15, 0.2) is 60.8 Å². The lowest BCUT2D eigenvalue weighted by Gasteiger charge is -2.49. The summed E-state index contributed by atoms with van der Waals surface area (Å²) in [5.74, 6) is -3.16. The van der Waals surface area contributed by atoms with Crippen molar-refractivity contribution < 1.29 is 29.2 Å². The predicted octanol–water partition coefficient (Wildman–Crippen LogP) is 4.93. The first-order chi connectivity index (χ1) is 18.8. The molecule has 3 aromatic carbocycles. The van der Waals surface area contributed by atoms with E-state index in [1.165, 1.54) is 12.3 Å². The number of benzene rings is 3. The van der Waals surface area contributed by atoms with Crippen molar-refractivity contribution >= 4 is 28.2 Å². The molecule has 3 heterocycles. The molecule has 0 bridgehead atoms. The van der Waals surface area contributed by atoms with Crippen LogP contribution in [0.1, 0.15) is 18.7 Å². The molecule has 0 saturated carbocycles. The Morgan fingerprint density at radius 1 is 1.13 bits per heavy atom. The highest BCUT2D eigenvalue weighted by atomic mass is 19.2. The molecule has 10 heteroatoms. The van der Waals surface area contributed by atoms with E-state index >= 15 is 0 Å². The molecule has 1 fully saturated rings. The highest BCUT2D eigenvalue weighted by Gasteiger charge is 2.40. The number of rotatable bonds is 5. The number of carbonyl (C=O) groups is 1. The maximum absolute atomic E-state index is 14.8. The Labute approximate surface area is 223 Å². The van der Waals surface area contributed by atoms with Gasteiger partial charge in [0.05, 0.1) is 35.6 Å². The first kappa shape index (κ1) is 25.0. The van der Waals surface area contributed by atoms with Gasteiger partial charge in [0.2, 0.25) is 0 Å². The van der Waals surface area contributed by atoms with Crippen molar-refractivity contribution in [1.82, 2.24) is 10.4 Å². The molecule has 1 saturated heterocycles. The van der Waals surface area contributed by atoms with E-state index in [1.807, 2.05) is 36.1 Å². The molecule has 0 spiro atoms. The third-order valence-electron chi connectivity index (χ3n) is 7.20. The normalized spacial score (nSPS) is 15.9. The number of amides is 1. The van der Waals surface area contributed by atoms with Crippen molar-refractivity contribution in [2.24, 2.45) is 5.41 Å². The number of nitrogens with zero attached hydrogens (tertiary/aromatic N) is 3. The number of aliphatic hydroxyl groups is 1. The van der Waals surface area contributed by atoms with Gasteiger partial charge in [-0.2, -0.15) is 0 Å². The molecular weight excluding hydrogens is 509 g/mol. The van der Waals surface area contributed by atoms with Crippen LogP contribution >= 0.6 is 0 Å². The SMILES string of the molecule is CC1(CO)CN(c2c(C(=O)NN3CCOc4ccccc43)cnc3c(-c4cc(F)cc(F)c4F)cccc23)C1.[HH]. The van der Waals surface area contributed by atoms with Crippen LogP contribution in [0.4, 0.5) is 24.5 Å². The molecule has 1 amide bonds. The Bertz CT molecular complexity index is 1610. The summed E-state index contributed by atoms with van der Waals surface area (Å²) in [5.41, 5.74) is 4.35. The molecule has 7 nitrogen and oxygen atoms in total. The van der Waals surface area contributed by atoms with E-state index in [4.69, 9.17) is 4.74 Å². The number of aromatic nitrogens is 1. The number of carbonyl (C=O) groups excluding carboxylic acids is 1. The van der Waals surface area contributed by atoms with E-state index in [9.17, 15) is 23.1 Å². The van der Waals surface area contributed by atoms with Crippen LogP contribution in [-0.2, 0) is 0 Å². The molecule has 0 radical (unpaired) electrons. The number of pyridine rings is 1. The molecule has 39 heavy (non-hydrogen) atoms. The van der Waals surface area contributed by atoms with E-state index in [1.54, 1.807) is 17.1 Å². The third-order valence-corrected chi connectivity index (χ3v) is 7.20. The van der Waals surface area contributed by atoms with Crippen LogP contribution in [0.25, 0.3) is 22.0 Å². The number of hydrogen-bond acceptors (Lipinski definition) is 6. The molecule has 202 valence electrons. The number of ether oxygens (including phenoxy) is 1. The fourth-order valence-electron chi connectivity index (χ4n) is 5.29. The summed E-state index contributed by atoms with van der Waals surface area (Å²) in [6, 6.07) is 13.7. The van der Waals surface area contributed by atoms with Crippen LogP contribution in [0.2, 0.25) is 0 Å². The Balaban J connectivity index is 0.00000323. The monoisotopic (exact) mass is 536 g/mol. The van der Waals surface area contributed by atoms with Crippen molar-refractivity contribution in [2.45, 2.75) is 6.92 Å². The number of halogens is 3. The minimum atomic E-state index is -1.30. The highest BCUT2D eigenvalue weighted by molar-refractivity contribution is 6.10. The number of aliphatic hydroxyl groups excluding tert-OH is 1. The molecule has 0 aliphatic carbocycles. The number of anilines is 2. The van der Waals surface area contributed by atoms with Gasteiger partial charge in [-0.3, -0.25) is 20.2 Å². The largest absolute Gasteiger partial charge is 0.489 e. The van der Waals surface area contributed by atoms with Crippen molar-refractivity contribution in [3.05, 3.63) is 83.8 Å². The zero-order chi connectivity index (χ0) is 27.3. The van der Waals surface area contributed by atoms with E-state index in [2.05, 4.69) is 10.4 Å². The number of nitrogens with one attached hydrogen (secondary N) is 1. The number of fused-ring (bicyclic) bond motifs is 2. The van der Waals surface area contributed by atoms with Gasteiger partial charge in [0.15, 0.2) is 11.6 Å². The highest BCUT2D eigenvalue weighted by Crippen LogP contribution is 2.42. The molecule has 2 aliphatic rings. The molecule has 6 rings (SSSR count). The van der Waals surface area contributed by atoms with E-state index in [-0.39, 0.29) is 30.1 Å². The second kappa shape index (κ2) is 9.46. The summed E-state index contributed by atoms with van der Waals surface area (Å²) >= 11 is 0. The molecule has 2 aliphatic heterocycles. The van der Waals surface area contributed by atoms with Crippen LogP contribution in [-0.4, -0.2) is 48.8 Å². The minimum Gasteiger partial charge on any atom is -0.489 e. The summed E-state index contributed by atoms with van der Waals surface area (Å²) < 4.78 is 48.6. The number of para-hydroxylation sites is 3. The summed E-state index contributed by atoms with van der Waals surface area (Å²) in [7, 11) is 0. The van der Waals surface area contributed by atoms with Crippen LogP contribution in [0.5, 0.6) is 5.75 Å². The quantitative estimate of drug-likeness (QED) is 0.353. The second-order valence-corrected chi connectivity index (χ2v) is 10.2. The lowest BCUT2D eigenvalue weighted by atomic mass is 9.81. The van der Waals surface area contributed by atoms with Gasteiger partial charge < -0.3 is 14.7 Å². The van der Waals surface area contributed by atoms with Gasteiger partial charge in [-0.05, 0) is 18.2 Å². The Kier molecular flexibility index (Phi) is 6.06. The van der Waals surface area contributed by atoms with Crippen LogP contribution in [0, 0.1) is 22.9 Å². The van der Waals surface area contributed by atoms with Crippen molar-refractivity contribution in [2.75, 3.05) is 42.8 Å². The first-order valence-electron chi connectivity index (χ1n) is 12.5. The Hall–Kier alpha value is -4.31. The predicted molar refractivity (Wildman–Crippen MR) is 143 cm³/mol. The van der Waals surface area contributed by atoms with Gasteiger partial charge in [0, 0.05) is 48.7 Å². The van der Waals surface area contributed by atoms with E-state index in [0.29, 0.717) is 54.6 Å². The second-order valence-electron chi connectivity index (χ2n) is 10.2. The fourth-order valence-corrected chi connectivity index (χ4v) is 5.29. The van der Waals surface area contributed by atoms with Gasteiger partial charge in [0.25, 0.3) is 5.91 Å². The van der Waals surface area contributed by atoms with Gasteiger partial charge in [-0.15, -0.1) is 0 Å². The summed E-state index contributed by atoms with van der Waals surface area (Å²) in [4.78, 5) is 20.1. The maximum Gasteiger partial charge on any atom is 0.273 e. The van der Waals surface area contributed by atoms with Gasteiger partial charge in [-0.25, -0.2) is 13.2 Å². The van der Waals surface area contributed by atoms with Crippen LogP contribution in [0.3, 0.4) is 0 Å². The molecule has 4 aromatic rings. The molecule has 2 N–H and O–H groups in total. The zero-order valence-electron chi connectivity index (χ0n) is 21.0. The Morgan fingerprint density at radius 2 is 1.92 bits per heavy atom. The number of hydrogen-bond donors (Lipinski definition) is 2. The average Bonchev–Trinajstić information content (AvgIpc) is 2.92. The van der Waals surface area contributed by atoms with Crippen molar-refractivity contribution in [3.63, 3.8) is 0 Å². The van der Waals surface area contributed by atoms with Crippen molar-refractivity contribution in [3.8, 4) is 16.9 Å². The molecule has 0 unspecified atom stereocenters. The fraction of sp³-hybridized carbons (Fsp3) is 0.241. The van der Waals surface area contributed by atoms with E-state index < -0.39 is 23.4 Å². The average molecular weight is 537 g/mol. The van der Waals surface area contributed by atoms with Gasteiger partial charge in [0.1, 0.15) is 18.2 Å². The van der Waals surface area contributed by atoms with Gasteiger partial charge in [-0.1, -0.05) is 37.3 Å². The smallest absolute Gasteiger partial charge is 0.273 e. The third kappa shape index (κ3) is 4.30. The summed E-state index contributed by atoms with van der Waals surface area (Å²) in [5, 5.41) is 12.1. The van der Waals surface area contributed by atoms with E-state index in [0.717, 1.165) is 11.8 Å². The maximum atomic E-state index is 14.8. The summed E-state index contributed by atoms with van der Waals surface area (Å²) in [6.45, 7) is 3.67. The molecule has 1 aromatic heterocycles. The van der Waals surface area contributed by atoms with Crippen molar-refractivity contribution in [1.29, 1.82) is 0 Å². The zero-order valence-corrected chi connectivity index (χ0v) is 21.0. The number of hydrazine groups is 1. The Morgan fingerprint density at radius 3 is 2.72 bits per heavy atom. The lowest BCUT2D eigenvalue weighted by Crippen LogP contribution is -2.57. The minimum absolute atomic E-state index is 0. The van der Waals surface area contributed by atoms with Gasteiger partial charge >= 0.3 is 0 Å². The van der Waals surface area contributed by atoms with Crippen LogP contribution < -0.4 is 20.1 Å².